The van der Waals surface area contributed by atoms with Gasteiger partial charge in [-0.25, -0.2) is 4.79 Å². The van der Waals surface area contributed by atoms with E-state index in [0.29, 0.717) is 27.6 Å². The summed E-state index contributed by atoms with van der Waals surface area (Å²) in [5, 5.41) is 3.28. The number of anilines is 1. The number of ether oxygens (including phenoxy) is 3. The first-order valence-electron chi connectivity index (χ1n) is 10.2. The summed E-state index contributed by atoms with van der Waals surface area (Å²) in [6.45, 7) is 3.90. The second-order valence-electron chi connectivity index (χ2n) is 6.90. The van der Waals surface area contributed by atoms with Crippen LogP contribution in [0.5, 0.6) is 11.5 Å². The van der Waals surface area contributed by atoms with E-state index in [2.05, 4.69) is 21.2 Å². The molecule has 1 amide bonds. The van der Waals surface area contributed by atoms with Gasteiger partial charge in [0.15, 0.2) is 0 Å². The van der Waals surface area contributed by atoms with E-state index in [-0.39, 0.29) is 12.5 Å². The van der Waals surface area contributed by atoms with E-state index in [9.17, 15) is 9.59 Å². The molecule has 3 aromatic rings. The van der Waals surface area contributed by atoms with Crippen LogP contribution in [-0.4, -0.2) is 32.7 Å². The lowest BCUT2D eigenvalue weighted by Gasteiger charge is -2.09. The molecule has 1 N–H and O–H groups in total. The number of benzene rings is 2. The first kappa shape index (κ1) is 24.5. The minimum Gasteiger partial charge on any atom is -0.497 e. The molecule has 0 saturated heterocycles. The van der Waals surface area contributed by atoms with Gasteiger partial charge in [-0.05, 0) is 55.8 Å². The molecule has 0 bridgehead atoms. The summed E-state index contributed by atoms with van der Waals surface area (Å²) in [5.74, 6) is 0.396. The third-order valence-corrected chi connectivity index (χ3v) is 6.33. The van der Waals surface area contributed by atoms with Gasteiger partial charge in [0.2, 0.25) is 5.91 Å². The standard InChI is InChI=1S/C25H24BrNO5S/c1-5-32-25(29)23-22(16-6-9-18(26)10-7-16)15(2)33-24(23)27-21(28)13-8-17-14-19(30-3)11-12-20(17)31-4/h6-14H,5H2,1-4H3,(H,27,28)/b13-8+. The van der Waals surface area contributed by atoms with Gasteiger partial charge in [0.05, 0.1) is 20.8 Å². The predicted molar refractivity (Wildman–Crippen MR) is 135 cm³/mol. The Balaban J connectivity index is 1.94. The van der Waals surface area contributed by atoms with Crippen LogP contribution in [0.15, 0.2) is 53.0 Å². The number of esters is 1. The van der Waals surface area contributed by atoms with Crippen molar-refractivity contribution in [2.24, 2.45) is 0 Å². The van der Waals surface area contributed by atoms with Gasteiger partial charge in [-0.1, -0.05) is 28.1 Å². The third kappa shape index (κ3) is 5.83. The van der Waals surface area contributed by atoms with Crippen LogP contribution in [0, 0.1) is 6.92 Å². The van der Waals surface area contributed by atoms with E-state index in [1.807, 2.05) is 31.2 Å². The normalized spacial score (nSPS) is 10.8. The Morgan fingerprint density at radius 2 is 1.82 bits per heavy atom. The van der Waals surface area contributed by atoms with Crippen molar-refractivity contribution in [2.45, 2.75) is 13.8 Å². The van der Waals surface area contributed by atoms with Crippen LogP contribution >= 0.6 is 27.3 Å². The molecule has 3 rings (SSSR count). The van der Waals surface area contributed by atoms with Gasteiger partial charge < -0.3 is 19.5 Å². The highest BCUT2D eigenvalue weighted by Gasteiger charge is 2.25. The van der Waals surface area contributed by atoms with E-state index < -0.39 is 5.97 Å². The quantitative estimate of drug-likeness (QED) is 0.272. The number of aryl methyl sites for hydroxylation is 1. The molecule has 0 fully saturated rings. The topological polar surface area (TPSA) is 73.9 Å². The van der Waals surface area contributed by atoms with Crippen molar-refractivity contribution in [1.29, 1.82) is 0 Å². The lowest BCUT2D eigenvalue weighted by atomic mass is 10.0. The molecule has 0 radical (unpaired) electrons. The second kappa shape index (κ2) is 11.2. The third-order valence-electron chi connectivity index (χ3n) is 4.78. The van der Waals surface area contributed by atoms with Gasteiger partial charge in [0.25, 0.3) is 0 Å². The van der Waals surface area contributed by atoms with Crippen LogP contribution in [0.25, 0.3) is 17.2 Å². The monoisotopic (exact) mass is 529 g/mol. The Kier molecular flexibility index (Phi) is 8.30. The smallest absolute Gasteiger partial charge is 0.341 e. The van der Waals surface area contributed by atoms with Crippen LogP contribution < -0.4 is 14.8 Å². The largest absolute Gasteiger partial charge is 0.497 e. The summed E-state index contributed by atoms with van der Waals surface area (Å²) >= 11 is 4.77. The maximum atomic E-state index is 12.8. The van der Waals surface area contributed by atoms with E-state index in [4.69, 9.17) is 14.2 Å². The Hall–Kier alpha value is -3.10. The Labute approximate surface area is 205 Å². The molecule has 0 atom stereocenters. The van der Waals surface area contributed by atoms with Gasteiger partial charge in [0.1, 0.15) is 22.1 Å². The maximum absolute atomic E-state index is 12.8. The number of halogens is 1. The van der Waals surface area contributed by atoms with Crippen molar-refractivity contribution in [2.75, 3.05) is 26.1 Å². The Bertz CT molecular complexity index is 1180. The lowest BCUT2D eigenvalue weighted by Crippen LogP contribution is -2.12. The number of hydrogen-bond donors (Lipinski definition) is 1. The first-order valence-corrected chi connectivity index (χ1v) is 11.8. The molecule has 8 heteroatoms. The highest BCUT2D eigenvalue weighted by atomic mass is 79.9. The molecule has 1 heterocycles. The van der Waals surface area contributed by atoms with Crippen LogP contribution in [0.1, 0.15) is 27.7 Å². The molecular formula is C25H24BrNO5S. The molecule has 0 aliphatic carbocycles. The predicted octanol–water partition coefficient (Wildman–Crippen LogP) is 6.33. The maximum Gasteiger partial charge on any atom is 0.341 e. The van der Waals surface area contributed by atoms with Crippen molar-refractivity contribution >= 4 is 50.2 Å². The number of methoxy groups -OCH3 is 2. The fourth-order valence-corrected chi connectivity index (χ4v) is 4.62. The van der Waals surface area contributed by atoms with Crippen molar-refractivity contribution in [3.8, 4) is 22.6 Å². The molecule has 0 spiro atoms. The Morgan fingerprint density at radius 3 is 2.45 bits per heavy atom. The summed E-state index contributed by atoms with van der Waals surface area (Å²) in [7, 11) is 3.13. The van der Waals surface area contributed by atoms with E-state index in [1.54, 1.807) is 45.4 Å². The van der Waals surface area contributed by atoms with Gasteiger partial charge in [-0.2, -0.15) is 0 Å². The molecule has 0 aliphatic heterocycles. The molecule has 0 unspecified atom stereocenters. The van der Waals surface area contributed by atoms with Crippen molar-refractivity contribution < 1.29 is 23.8 Å². The highest BCUT2D eigenvalue weighted by molar-refractivity contribution is 9.10. The number of thiophene rings is 1. The molecule has 6 nitrogen and oxygen atoms in total. The van der Waals surface area contributed by atoms with Gasteiger partial charge in [-0.15, -0.1) is 11.3 Å². The van der Waals surface area contributed by atoms with E-state index in [0.717, 1.165) is 20.5 Å². The summed E-state index contributed by atoms with van der Waals surface area (Å²) < 4.78 is 16.8. The van der Waals surface area contributed by atoms with Crippen LogP contribution in [-0.2, 0) is 9.53 Å². The van der Waals surface area contributed by atoms with E-state index >= 15 is 0 Å². The van der Waals surface area contributed by atoms with Crippen molar-refractivity contribution in [3.05, 3.63) is 69.0 Å². The number of carbonyl (C=O) groups excluding carboxylic acids is 2. The minimum absolute atomic E-state index is 0.233. The molecule has 33 heavy (non-hydrogen) atoms. The van der Waals surface area contributed by atoms with Gasteiger partial charge >= 0.3 is 5.97 Å². The fourth-order valence-electron chi connectivity index (χ4n) is 3.28. The Morgan fingerprint density at radius 1 is 1.09 bits per heavy atom. The zero-order valence-electron chi connectivity index (χ0n) is 18.7. The van der Waals surface area contributed by atoms with Gasteiger partial charge in [-0.3, -0.25) is 4.79 Å². The van der Waals surface area contributed by atoms with Gasteiger partial charge in [0, 0.05) is 26.6 Å². The zero-order chi connectivity index (χ0) is 24.0. The van der Waals surface area contributed by atoms with Crippen LogP contribution in [0.2, 0.25) is 0 Å². The second-order valence-corrected chi connectivity index (χ2v) is 9.04. The molecule has 1 aromatic heterocycles. The molecular weight excluding hydrogens is 506 g/mol. The van der Waals surface area contributed by atoms with Crippen molar-refractivity contribution in [1.82, 2.24) is 0 Å². The van der Waals surface area contributed by atoms with Crippen LogP contribution in [0.3, 0.4) is 0 Å². The number of carbonyl (C=O) groups is 2. The number of hydrogen-bond acceptors (Lipinski definition) is 6. The highest BCUT2D eigenvalue weighted by Crippen LogP contribution is 2.40. The zero-order valence-corrected chi connectivity index (χ0v) is 21.1. The lowest BCUT2D eigenvalue weighted by molar-refractivity contribution is -0.111. The summed E-state index contributed by atoms with van der Waals surface area (Å²) in [5.41, 5.74) is 2.66. The molecule has 172 valence electrons. The van der Waals surface area contributed by atoms with Crippen LogP contribution in [0.4, 0.5) is 5.00 Å². The first-order chi connectivity index (χ1) is 15.9. The number of nitrogens with one attached hydrogen (secondary N) is 1. The average molecular weight is 530 g/mol. The summed E-state index contributed by atoms with van der Waals surface area (Å²) in [6, 6.07) is 13.0. The SMILES string of the molecule is CCOC(=O)c1c(NC(=O)/C=C/c2cc(OC)ccc2OC)sc(C)c1-c1ccc(Br)cc1. The van der Waals surface area contributed by atoms with Crippen molar-refractivity contribution in [3.63, 3.8) is 0 Å². The fraction of sp³-hybridized carbons (Fsp3) is 0.200. The number of rotatable bonds is 8. The summed E-state index contributed by atoms with van der Waals surface area (Å²) in [6.07, 6.45) is 3.03. The molecule has 0 aliphatic rings. The molecule has 2 aromatic carbocycles. The summed E-state index contributed by atoms with van der Waals surface area (Å²) in [4.78, 5) is 26.5. The minimum atomic E-state index is -0.478. The van der Waals surface area contributed by atoms with E-state index in [1.165, 1.54) is 17.4 Å². The number of amides is 1. The molecule has 0 saturated carbocycles. The average Bonchev–Trinajstić information content (AvgIpc) is 3.13.